The van der Waals surface area contributed by atoms with Gasteiger partial charge in [-0.1, -0.05) is 35.9 Å². The molecule has 19 heavy (non-hydrogen) atoms. The Morgan fingerprint density at radius 1 is 1.42 bits per heavy atom. The molecule has 2 heterocycles. The van der Waals surface area contributed by atoms with Gasteiger partial charge in [0.1, 0.15) is 6.10 Å². The maximum atomic E-state index is 6.26. The van der Waals surface area contributed by atoms with Crippen molar-refractivity contribution in [2.45, 2.75) is 26.2 Å². The van der Waals surface area contributed by atoms with Crippen molar-refractivity contribution in [3.8, 4) is 0 Å². The Hall–Kier alpha value is -1.25. The molecule has 1 aliphatic rings. The minimum absolute atomic E-state index is 0.762. The maximum Gasteiger partial charge on any atom is 0.143 e. The predicted octanol–water partition coefficient (Wildman–Crippen LogP) is 4.63. The summed E-state index contributed by atoms with van der Waals surface area (Å²) in [6.45, 7) is 2.80. The molecular formula is C16H17ClNO. The van der Waals surface area contributed by atoms with Crippen LogP contribution in [0.15, 0.2) is 30.4 Å². The highest BCUT2D eigenvalue weighted by Crippen LogP contribution is 2.36. The van der Waals surface area contributed by atoms with Crippen molar-refractivity contribution < 1.29 is 4.74 Å². The van der Waals surface area contributed by atoms with Gasteiger partial charge in [0.15, 0.2) is 0 Å². The van der Waals surface area contributed by atoms with Crippen molar-refractivity contribution in [1.82, 2.24) is 4.98 Å². The van der Waals surface area contributed by atoms with Gasteiger partial charge in [-0.3, -0.25) is 0 Å². The molecular weight excluding hydrogens is 258 g/mol. The van der Waals surface area contributed by atoms with E-state index in [1.54, 1.807) is 0 Å². The summed E-state index contributed by atoms with van der Waals surface area (Å²) >= 11 is 6.26. The molecule has 1 radical (unpaired) electrons. The average molecular weight is 275 g/mol. The highest BCUT2D eigenvalue weighted by molar-refractivity contribution is 6.35. The molecule has 1 N–H and O–H groups in total. The van der Waals surface area contributed by atoms with Crippen molar-refractivity contribution in [3.05, 3.63) is 52.7 Å². The number of para-hydroxylation sites is 1. The van der Waals surface area contributed by atoms with Gasteiger partial charge in [0.25, 0.3) is 0 Å². The van der Waals surface area contributed by atoms with E-state index < -0.39 is 0 Å². The van der Waals surface area contributed by atoms with Crippen LogP contribution in [-0.2, 0) is 11.2 Å². The Morgan fingerprint density at radius 3 is 3.16 bits per heavy atom. The minimum atomic E-state index is 0.762. The molecule has 0 bridgehead atoms. The quantitative estimate of drug-likeness (QED) is 0.811. The number of hydrogen-bond donors (Lipinski definition) is 1. The Morgan fingerprint density at radius 2 is 2.32 bits per heavy atom. The fourth-order valence-electron chi connectivity index (χ4n) is 2.66. The number of nitrogens with one attached hydrogen (secondary N) is 1. The average Bonchev–Trinajstić information content (AvgIpc) is 2.80. The van der Waals surface area contributed by atoms with E-state index in [2.05, 4.69) is 23.2 Å². The molecule has 0 spiro atoms. The maximum absolute atomic E-state index is 6.26. The molecule has 0 amide bonds. The first-order chi connectivity index (χ1) is 9.31. The zero-order chi connectivity index (χ0) is 13.2. The molecule has 0 fully saturated rings. The van der Waals surface area contributed by atoms with Gasteiger partial charge >= 0.3 is 0 Å². The van der Waals surface area contributed by atoms with Crippen molar-refractivity contribution in [3.63, 3.8) is 0 Å². The summed E-state index contributed by atoms with van der Waals surface area (Å²) in [6, 6.07) is 6.06. The van der Waals surface area contributed by atoms with Gasteiger partial charge in [-0.2, -0.15) is 0 Å². The molecule has 99 valence electrons. The molecule has 1 aromatic carbocycles. The van der Waals surface area contributed by atoms with Crippen LogP contribution in [0.4, 0.5) is 0 Å². The number of benzene rings is 1. The van der Waals surface area contributed by atoms with Gasteiger partial charge in [0, 0.05) is 5.39 Å². The highest BCUT2D eigenvalue weighted by atomic mass is 35.5. The number of aromatic nitrogens is 1. The third-order valence-corrected chi connectivity index (χ3v) is 3.89. The van der Waals surface area contributed by atoms with Crippen LogP contribution in [0.5, 0.6) is 0 Å². The zero-order valence-electron chi connectivity index (χ0n) is 11.0. The van der Waals surface area contributed by atoms with Crippen molar-refractivity contribution in [2.75, 3.05) is 6.61 Å². The number of aromatic amines is 1. The minimum Gasteiger partial charge on any atom is -0.365 e. The van der Waals surface area contributed by atoms with Crippen molar-refractivity contribution in [2.24, 2.45) is 0 Å². The molecule has 1 aromatic heterocycles. The SMILES string of the molecule is C/C=C/CC[C]1OCCc2c1[nH]c1c(Cl)cccc21. The van der Waals surface area contributed by atoms with E-state index in [0.29, 0.717) is 0 Å². The van der Waals surface area contributed by atoms with Gasteiger partial charge in [-0.15, -0.1) is 0 Å². The lowest BCUT2D eigenvalue weighted by atomic mass is 10.00. The number of H-pyrrole nitrogens is 1. The van der Waals surface area contributed by atoms with E-state index in [4.69, 9.17) is 16.3 Å². The number of halogens is 1. The normalized spacial score (nSPS) is 16.3. The van der Waals surface area contributed by atoms with E-state index >= 15 is 0 Å². The lowest BCUT2D eigenvalue weighted by Gasteiger charge is -2.21. The Labute approximate surface area is 118 Å². The Balaban J connectivity index is 2.00. The summed E-state index contributed by atoms with van der Waals surface area (Å²) in [5, 5.41) is 2.01. The summed E-state index contributed by atoms with van der Waals surface area (Å²) in [7, 11) is 0. The molecule has 0 aliphatic carbocycles. The Kier molecular flexibility index (Phi) is 3.63. The van der Waals surface area contributed by atoms with Gasteiger partial charge in [-0.25, -0.2) is 0 Å². The van der Waals surface area contributed by atoms with E-state index in [0.717, 1.165) is 48.2 Å². The van der Waals surface area contributed by atoms with Gasteiger partial charge in [0.05, 0.1) is 22.8 Å². The second kappa shape index (κ2) is 5.40. The second-order valence-electron chi connectivity index (χ2n) is 4.77. The van der Waals surface area contributed by atoms with Crippen LogP contribution in [0.25, 0.3) is 10.9 Å². The van der Waals surface area contributed by atoms with E-state index in [9.17, 15) is 0 Å². The molecule has 3 heteroatoms. The first-order valence-corrected chi connectivity index (χ1v) is 7.08. The van der Waals surface area contributed by atoms with Crippen LogP contribution in [-0.4, -0.2) is 11.6 Å². The summed E-state index contributed by atoms with van der Waals surface area (Å²) in [6.07, 6.45) is 8.19. The third-order valence-electron chi connectivity index (χ3n) is 3.57. The van der Waals surface area contributed by atoms with Crippen LogP contribution < -0.4 is 0 Å². The summed E-state index contributed by atoms with van der Waals surface area (Å²) in [5.41, 5.74) is 3.52. The fourth-order valence-corrected chi connectivity index (χ4v) is 2.88. The number of hydrogen-bond acceptors (Lipinski definition) is 1. The van der Waals surface area contributed by atoms with Crippen molar-refractivity contribution in [1.29, 1.82) is 0 Å². The second-order valence-corrected chi connectivity index (χ2v) is 5.18. The summed E-state index contributed by atoms with van der Waals surface area (Å²) in [5.74, 6) is 0. The third kappa shape index (κ3) is 2.31. The van der Waals surface area contributed by atoms with Gasteiger partial charge in [-0.05, 0) is 37.8 Å². The molecule has 0 saturated carbocycles. The number of allylic oxidation sites excluding steroid dienone is 2. The zero-order valence-corrected chi connectivity index (χ0v) is 11.8. The number of fused-ring (bicyclic) bond motifs is 3. The lowest BCUT2D eigenvalue weighted by Crippen LogP contribution is -2.16. The van der Waals surface area contributed by atoms with E-state index in [-0.39, 0.29) is 0 Å². The summed E-state index contributed by atoms with van der Waals surface area (Å²) < 4.78 is 5.83. The van der Waals surface area contributed by atoms with E-state index in [1.807, 2.05) is 19.1 Å². The standard InChI is InChI=1S/C16H17ClNO/c1-2-3-4-8-14-16-12(9-10-19-14)11-6-5-7-13(17)15(11)18-16/h2-3,5-7,18H,4,8-10H2,1H3/b3-2+. The molecule has 1 aliphatic heterocycles. The van der Waals surface area contributed by atoms with Gasteiger partial charge < -0.3 is 9.72 Å². The molecule has 3 rings (SSSR count). The summed E-state index contributed by atoms with van der Waals surface area (Å²) in [4.78, 5) is 3.44. The first-order valence-electron chi connectivity index (χ1n) is 6.70. The largest absolute Gasteiger partial charge is 0.365 e. The van der Waals surface area contributed by atoms with E-state index in [1.165, 1.54) is 10.9 Å². The smallest absolute Gasteiger partial charge is 0.143 e. The molecule has 0 saturated heterocycles. The van der Waals surface area contributed by atoms with Crippen LogP contribution >= 0.6 is 11.6 Å². The molecule has 2 nitrogen and oxygen atoms in total. The van der Waals surface area contributed by atoms with Crippen molar-refractivity contribution >= 4 is 22.5 Å². The number of ether oxygens (including phenoxy) is 1. The molecule has 2 aromatic rings. The molecule has 0 unspecified atom stereocenters. The topological polar surface area (TPSA) is 25.0 Å². The van der Waals surface area contributed by atoms with Crippen LogP contribution in [0, 0.1) is 6.10 Å². The molecule has 0 atom stereocenters. The first kappa shape index (κ1) is 12.8. The predicted molar refractivity (Wildman–Crippen MR) is 79.4 cm³/mol. The van der Waals surface area contributed by atoms with Crippen LogP contribution in [0.2, 0.25) is 5.02 Å². The number of rotatable bonds is 3. The van der Waals surface area contributed by atoms with Crippen LogP contribution in [0.1, 0.15) is 31.0 Å². The van der Waals surface area contributed by atoms with Gasteiger partial charge in [0.2, 0.25) is 0 Å². The fraction of sp³-hybridized carbons (Fsp3) is 0.312. The highest BCUT2D eigenvalue weighted by Gasteiger charge is 2.25. The van der Waals surface area contributed by atoms with Crippen LogP contribution in [0.3, 0.4) is 0 Å². The lowest BCUT2D eigenvalue weighted by molar-refractivity contribution is 0.141. The monoisotopic (exact) mass is 274 g/mol. The Bertz CT molecular complexity index is 614.